The van der Waals surface area contributed by atoms with E-state index in [0.29, 0.717) is 5.56 Å². The summed E-state index contributed by atoms with van der Waals surface area (Å²) in [7, 11) is 1.82. The number of fused-ring (bicyclic) bond motifs is 1. The first-order valence-corrected chi connectivity index (χ1v) is 6.14. The van der Waals surface area contributed by atoms with Crippen LogP contribution in [0.4, 0.5) is 0 Å². The Labute approximate surface area is 107 Å². The maximum absolute atomic E-state index is 12.3. The summed E-state index contributed by atoms with van der Waals surface area (Å²) in [6, 6.07) is 7.76. The molecule has 0 fully saturated rings. The minimum atomic E-state index is 0.0323. The number of carbonyl (C=O) groups excluding carboxylic acids is 1. The predicted molar refractivity (Wildman–Crippen MR) is 74.7 cm³/mol. The SMILES string of the molecule is C=CC(CC)N(C)C(=O)c1ccc2[nH]ccc2c1. The fraction of sp³-hybridized carbons (Fsp3) is 0.267. The third kappa shape index (κ3) is 2.16. The predicted octanol–water partition coefficient (Wildman–Crippen LogP) is 3.20. The molecule has 1 N–H and O–H groups in total. The highest BCUT2D eigenvalue weighted by Gasteiger charge is 2.17. The van der Waals surface area contributed by atoms with E-state index in [4.69, 9.17) is 0 Å². The zero-order chi connectivity index (χ0) is 13.1. The molecule has 2 aromatic rings. The molecule has 0 saturated carbocycles. The quantitative estimate of drug-likeness (QED) is 0.821. The smallest absolute Gasteiger partial charge is 0.254 e. The van der Waals surface area contributed by atoms with E-state index in [0.717, 1.165) is 17.3 Å². The van der Waals surface area contributed by atoms with Crippen LogP contribution in [0.3, 0.4) is 0 Å². The van der Waals surface area contributed by atoms with E-state index in [1.807, 2.05) is 50.5 Å². The Morgan fingerprint density at radius 2 is 2.28 bits per heavy atom. The van der Waals surface area contributed by atoms with Crippen molar-refractivity contribution in [2.75, 3.05) is 7.05 Å². The lowest BCUT2D eigenvalue weighted by molar-refractivity contribution is 0.0758. The van der Waals surface area contributed by atoms with Crippen molar-refractivity contribution in [1.29, 1.82) is 0 Å². The van der Waals surface area contributed by atoms with E-state index in [1.54, 1.807) is 4.90 Å². The van der Waals surface area contributed by atoms with Gasteiger partial charge in [-0.05, 0) is 30.7 Å². The maximum Gasteiger partial charge on any atom is 0.254 e. The van der Waals surface area contributed by atoms with Crippen LogP contribution < -0.4 is 0 Å². The standard InChI is InChI=1S/C15H18N2O/c1-4-13(5-2)17(3)15(18)12-6-7-14-11(10-12)8-9-16-14/h4,6-10,13,16H,1,5H2,2-3H3. The summed E-state index contributed by atoms with van der Waals surface area (Å²) in [5.74, 6) is 0.0323. The number of amides is 1. The van der Waals surface area contributed by atoms with Gasteiger partial charge in [0.25, 0.3) is 5.91 Å². The van der Waals surface area contributed by atoms with Gasteiger partial charge in [0.05, 0.1) is 0 Å². The Kier molecular flexibility index (Phi) is 3.51. The highest BCUT2D eigenvalue weighted by molar-refractivity contribution is 5.98. The molecule has 0 bridgehead atoms. The molecule has 0 saturated heterocycles. The van der Waals surface area contributed by atoms with Crippen LogP contribution in [0.15, 0.2) is 43.1 Å². The van der Waals surface area contributed by atoms with Gasteiger partial charge >= 0.3 is 0 Å². The molecule has 0 spiro atoms. The van der Waals surface area contributed by atoms with Gasteiger partial charge in [-0.1, -0.05) is 13.0 Å². The van der Waals surface area contributed by atoms with Crippen LogP contribution in [-0.2, 0) is 0 Å². The minimum Gasteiger partial charge on any atom is -0.361 e. The zero-order valence-corrected chi connectivity index (χ0v) is 10.8. The first kappa shape index (κ1) is 12.4. The van der Waals surface area contributed by atoms with E-state index in [-0.39, 0.29) is 11.9 Å². The second-order valence-corrected chi connectivity index (χ2v) is 4.41. The summed E-state index contributed by atoms with van der Waals surface area (Å²) in [6.45, 7) is 5.82. The topological polar surface area (TPSA) is 36.1 Å². The van der Waals surface area contributed by atoms with Crippen LogP contribution in [0.25, 0.3) is 10.9 Å². The number of nitrogens with one attached hydrogen (secondary N) is 1. The molecule has 1 heterocycles. The van der Waals surface area contributed by atoms with Crippen molar-refractivity contribution in [3.63, 3.8) is 0 Å². The molecule has 0 aliphatic heterocycles. The van der Waals surface area contributed by atoms with Gasteiger partial charge in [0.15, 0.2) is 0 Å². The molecule has 18 heavy (non-hydrogen) atoms. The minimum absolute atomic E-state index is 0.0323. The Balaban J connectivity index is 2.29. The monoisotopic (exact) mass is 242 g/mol. The van der Waals surface area contributed by atoms with Crippen LogP contribution in [0.5, 0.6) is 0 Å². The van der Waals surface area contributed by atoms with Crippen LogP contribution in [-0.4, -0.2) is 28.9 Å². The van der Waals surface area contributed by atoms with Gasteiger partial charge in [-0.15, -0.1) is 6.58 Å². The number of nitrogens with zero attached hydrogens (tertiary/aromatic N) is 1. The molecule has 0 aliphatic carbocycles. The molecular weight excluding hydrogens is 224 g/mol. The third-order valence-corrected chi connectivity index (χ3v) is 3.31. The van der Waals surface area contributed by atoms with E-state index in [1.165, 1.54) is 0 Å². The Morgan fingerprint density at radius 1 is 1.50 bits per heavy atom. The van der Waals surface area contributed by atoms with E-state index < -0.39 is 0 Å². The molecule has 94 valence electrons. The highest BCUT2D eigenvalue weighted by Crippen LogP contribution is 2.16. The largest absolute Gasteiger partial charge is 0.361 e. The summed E-state index contributed by atoms with van der Waals surface area (Å²) >= 11 is 0. The lowest BCUT2D eigenvalue weighted by atomic mass is 10.1. The highest BCUT2D eigenvalue weighted by atomic mass is 16.2. The second-order valence-electron chi connectivity index (χ2n) is 4.41. The lowest BCUT2D eigenvalue weighted by Crippen LogP contribution is -2.35. The number of rotatable bonds is 4. The van der Waals surface area contributed by atoms with Gasteiger partial charge in [0, 0.05) is 35.8 Å². The third-order valence-electron chi connectivity index (χ3n) is 3.31. The molecule has 3 nitrogen and oxygen atoms in total. The Morgan fingerprint density at radius 3 is 2.94 bits per heavy atom. The number of hydrogen-bond acceptors (Lipinski definition) is 1. The van der Waals surface area contributed by atoms with Crippen molar-refractivity contribution in [2.45, 2.75) is 19.4 Å². The first-order valence-electron chi connectivity index (χ1n) is 6.14. The van der Waals surface area contributed by atoms with Crippen molar-refractivity contribution < 1.29 is 4.79 Å². The fourth-order valence-electron chi connectivity index (χ4n) is 2.14. The van der Waals surface area contributed by atoms with Gasteiger partial charge in [-0.25, -0.2) is 0 Å². The summed E-state index contributed by atoms with van der Waals surface area (Å²) < 4.78 is 0. The average Bonchev–Trinajstić information content (AvgIpc) is 2.86. The number of H-pyrrole nitrogens is 1. The molecule has 1 aromatic heterocycles. The molecule has 0 aliphatic rings. The van der Waals surface area contributed by atoms with Gasteiger partial charge < -0.3 is 9.88 Å². The molecule has 1 atom stereocenters. The average molecular weight is 242 g/mol. The summed E-state index contributed by atoms with van der Waals surface area (Å²) in [4.78, 5) is 17.2. The molecule has 1 aromatic carbocycles. The number of aromatic amines is 1. The number of carbonyl (C=O) groups is 1. The van der Waals surface area contributed by atoms with E-state index in [2.05, 4.69) is 11.6 Å². The maximum atomic E-state index is 12.3. The van der Waals surface area contributed by atoms with Crippen molar-refractivity contribution in [1.82, 2.24) is 9.88 Å². The van der Waals surface area contributed by atoms with Gasteiger partial charge in [0.1, 0.15) is 0 Å². The Bertz CT molecular complexity index is 571. The molecular formula is C15H18N2O. The Hall–Kier alpha value is -2.03. The van der Waals surface area contributed by atoms with Crippen LogP contribution in [0, 0.1) is 0 Å². The number of aromatic nitrogens is 1. The van der Waals surface area contributed by atoms with Crippen molar-refractivity contribution >= 4 is 16.8 Å². The summed E-state index contributed by atoms with van der Waals surface area (Å²) in [6.07, 6.45) is 4.56. The molecule has 3 heteroatoms. The van der Waals surface area contributed by atoms with Crippen molar-refractivity contribution in [2.24, 2.45) is 0 Å². The van der Waals surface area contributed by atoms with E-state index >= 15 is 0 Å². The summed E-state index contributed by atoms with van der Waals surface area (Å²) in [5, 5.41) is 1.06. The first-order chi connectivity index (χ1) is 8.67. The summed E-state index contributed by atoms with van der Waals surface area (Å²) in [5.41, 5.74) is 1.76. The number of benzene rings is 1. The normalized spacial score (nSPS) is 12.3. The van der Waals surface area contributed by atoms with Gasteiger partial charge in [0.2, 0.25) is 0 Å². The van der Waals surface area contributed by atoms with Crippen LogP contribution in [0.2, 0.25) is 0 Å². The molecule has 1 unspecified atom stereocenters. The molecule has 0 radical (unpaired) electrons. The van der Waals surface area contributed by atoms with E-state index in [9.17, 15) is 4.79 Å². The zero-order valence-electron chi connectivity index (χ0n) is 10.8. The van der Waals surface area contributed by atoms with Gasteiger partial charge in [-0.3, -0.25) is 4.79 Å². The molecule has 1 amide bonds. The van der Waals surface area contributed by atoms with Crippen molar-refractivity contribution in [3.8, 4) is 0 Å². The second kappa shape index (κ2) is 5.08. The van der Waals surface area contributed by atoms with Crippen LogP contribution >= 0.6 is 0 Å². The number of hydrogen-bond donors (Lipinski definition) is 1. The lowest BCUT2D eigenvalue weighted by Gasteiger charge is -2.24. The van der Waals surface area contributed by atoms with Crippen molar-refractivity contribution in [3.05, 3.63) is 48.7 Å². The van der Waals surface area contributed by atoms with Gasteiger partial charge in [-0.2, -0.15) is 0 Å². The number of likely N-dealkylation sites (N-methyl/N-ethyl adjacent to an activating group) is 1. The fourth-order valence-corrected chi connectivity index (χ4v) is 2.14. The molecule has 2 rings (SSSR count). The van der Waals surface area contributed by atoms with Crippen LogP contribution in [0.1, 0.15) is 23.7 Å².